The minimum Gasteiger partial charge on any atom is -0.382 e. The molecule has 0 bridgehead atoms. The van der Waals surface area contributed by atoms with Gasteiger partial charge in [-0.05, 0) is 24.8 Å². The third-order valence-corrected chi connectivity index (χ3v) is 5.18. The van der Waals surface area contributed by atoms with Crippen molar-refractivity contribution in [3.63, 3.8) is 0 Å². The zero-order valence-electron chi connectivity index (χ0n) is 13.7. The number of nitriles is 2. The molecule has 1 N–H and O–H groups in total. The first-order valence-corrected chi connectivity index (χ1v) is 8.26. The molecule has 0 aromatic heterocycles. The lowest BCUT2D eigenvalue weighted by atomic mass is 9.58. The van der Waals surface area contributed by atoms with Crippen molar-refractivity contribution in [2.75, 3.05) is 0 Å². The molecule has 3 rings (SSSR count). The zero-order valence-corrected chi connectivity index (χ0v) is 13.7. The van der Waals surface area contributed by atoms with Crippen LogP contribution in [0.5, 0.6) is 0 Å². The maximum absolute atomic E-state index is 12.8. The number of ketones is 1. The topological polar surface area (TPSA) is 84.9 Å². The van der Waals surface area contributed by atoms with E-state index in [1.807, 2.05) is 24.3 Å². The van der Waals surface area contributed by atoms with Crippen molar-refractivity contribution in [3.8, 4) is 12.1 Å². The molecule has 0 radical (unpaired) electrons. The monoisotopic (exact) mass is 330 g/mol. The van der Waals surface area contributed by atoms with Gasteiger partial charge in [-0.25, -0.2) is 0 Å². The van der Waals surface area contributed by atoms with Gasteiger partial charge in [0.25, 0.3) is 0 Å². The Labute approximate surface area is 147 Å². The fourth-order valence-electron chi connectivity index (χ4n) is 3.70. The summed E-state index contributed by atoms with van der Waals surface area (Å²) >= 11 is 0. The second-order valence-electron chi connectivity index (χ2n) is 6.53. The van der Waals surface area contributed by atoms with Crippen molar-refractivity contribution in [2.24, 2.45) is 11.3 Å². The number of aliphatic hydroxyl groups is 1. The quantitative estimate of drug-likeness (QED) is 0.872. The fraction of sp³-hybridized carbons (Fsp3) is 0.286. The second-order valence-corrected chi connectivity index (χ2v) is 6.53. The van der Waals surface area contributed by atoms with Crippen LogP contribution in [0.2, 0.25) is 0 Å². The highest BCUT2D eigenvalue weighted by Gasteiger charge is 2.57. The number of carbonyl (C=O) groups excluding carboxylic acids is 1. The van der Waals surface area contributed by atoms with Crippen LogP contribution >= 0.6 is 0 Å². The van der Waals surface area contributed by atoms with E-state index in [2.05, 4.69) is 0 Å². The summed E-state index contributed by atoms with van der Waals surface area (Å²) in [6.45, 7) is 0. The van der Waals surface area contributed by atoms with Gasteiger partial charge in [0.15, 0.2) is 11.2 Å². The maximum atomic E-state index is 12.8. The molecular weight excluding hydrogens is 312 g/mol. The molecule has 4 heteroatoms. The third kappa shape index (κ3) is 2.71. The summed E-state index contributed by atoms with van der Waals surface area (Å²) in [4.78, 5) is 12.8. The zero-order chi connectivity index (χ0) is 17.9. The predicted octanol–water partition coefficient (Wildman–Crippen LogP) is 3.59. The summed E-state index contributed by atoms with van der Waals surface area (Å²) in [5.74, 6) is -0.531. The molecule has 2 aromatic rings. The molecule has 1 saturated carbocycles. The number of rotatable bonds is 3. The molecule has 25 heavy (non-hydrogen) atoms. The van der Waals surface area contributed by atoms with E-state index in [-0.39, 0.29) is 18.6 Å². The summed E-state index contributed by atoms with van der Waals surface area (Å²) in [6, 6.07) is 21.8. The van der Waals surface area contributed by atoms with Crippen molar-refractivity contribution < 1.29 is 9.90 Å². The van der Waals surface area contributed by atoms with Crippen LogP contribution in [0, 0.1) is 34.0 Å². The van der Waals surface area contributed by atoms with E-state index < -0.39 is 16.9 Å². The van der Waals surface area contributed by atoms with Crippen LogP contribution in [-0.2, 0) is 5.60 Å². The van der Waals surface area contributed by atoms with Gasteiger partial charge in [-0.1, -0.05) is 60.7 Å². The molecule has 2 atom stereocenters. The van der Waals surface area contributed by atoms with Crippen LogP contribution < -0.4 is 0 Å². The van der Waals surface area contributed by atoms with Crippen LogP contribution in [0.15, 0.2) is 60.7 Å². The Balaban J connectivity index is 1.97. The fourth-order valence-corrected chi connectivity index (χ4v) is 3.70. The number of nitrogens with zero attached hydrogens (tertiary/aromatic N) is 2. The Morgan fingerprint density at radius 3 is 2.12 bits per heavy atom. The van der Waals surface area contributed by atoms with Crippen molar-refractivity contribution in [1.82, 2.24) is 0 Å². The highest BCUT2D eigenvalue weighted by molar-refractivity contribution is 5.98. The Bertz CT molecular complexity index is 835. The lowest BCUT2D eigenvalue weighted by Crippen LogP contribution is -2.50. The molecule has 0 aliphatic heterocycles. The van der Waals surface area contributed by atoms with E-state index in [1.54, 1.807) is 48.5 Å². The number of hydrogen-bond donors (Lipinski definition) is 1. The molecule has 0 heterocycles. The highest BCUT2D eigenvalue weighted by Crippen LogP contribution is 2.52. The smallest absolute Gasteiger partial charge is 0.177 e. The molecule has 1 aliphatic rings. The summed E-state index contributed by atoms with van der Waals surface area (Å²) in [6.07, 6.45) is 0.657. The van der Waals surface area contributed by atoms with Crippen molar-refractivity contribution >= 4 is 5.78 Å². The van der Waals surface area contributed by atoms with Crippen molar-refractivity contribution in [1.29, 1.82) is 10.5 Å². The molecule has 1 aliphatic carbocycles. The van der Waals surface area contributed by atoms with E-state index in [0.717, 1.165) is 0 Å². The van der Waals surface area contributed by atoms with Crippen LogP contribution in [0.4, 0.5) is 0 Å². The summed E-state index contributed by atoms with van der Waals surface area (Å²) in [7, 11) is 0. The third-order valence-electron chi connectivity index (χ3n) is 5.18. The molecule has 0 spiro atoms. The van der Waals surface area contributed by atoms with Crippen LogP contribution in [0.1, 0.15) is 35.2 Å². The largest absolute Gasteiger partial charge is 0.382 e. The highest BCUT2D eigenvalue weighted by atomic mass is 16.3. The van der Waals surface area contributed by atoms with Crippen LogP contribution in [-0.4, -0.2) is 10.9 Å². The minimum atomic E-state index is -1.65. The average Bonchev–Trinajstić information content (AvgIpc) is 2.69. The van der Waals surface area contributed by atoms with E-state index in [1.165, 1.54) is 0 Å². The summed E-state index contributed by atoms with van der Waals surface area (Å²) in [5.41, 5.74) is -2.11. The van der Waals surface area contributed by atoms with E-state index in [4.69, 9.17) is 0 Å². The normalized spacial score (nSPS) is 24.7. The molecule has 2 aromatic carbocycles. The predicted molar refractivity (Wildman–Crippen MR) is 92.1 cm³/mol. The van der Waals surface area contributed by atoms with Gasteiger partial charge in [-0.3, -0.25) is 4.79 Å². The van der Waals surface area contributed by atoms with Gasteiger partial charge < -0.3 is 5.11 Å². The first-order valence-electron chi connectivity index (χ1n) is 8.26. The molecular formula is C21H18N2O2. The lowest BCUT2D eigenvalue weighted by Gasteiger charge is -2.44. The SMILES string of the molecule is N#CC1(C#N)CC(C(=O)c2ccccc2)CCC1(O)c1ccccc1. The molecule has 0 amide bonds. The first-order chi connectivity index (χ1) is 12.1. The van der Waals surface area contributed by atoms with Crippen molar-refractivity contribution in [3.05, 3.63) is 71.8 Å². The summed E-state index contributed by atoms with van der Waals surface area (Å²) < 4.78 is 0. The second kappa shape index (κ2) is 6.51. The van der Waals surface area contributed by atoms with Gasteiger partial charge in [-0.15, -0.1) is 0 Å². The lowest BCUT2D eigenvalue weighted by molar-refractivity contribution is -0.0750. The van der Waals surface area contributed by atoms with Crippen molar-refractivity contribution in [2.45, 2.75) is 24.9 Å². The van der Waals surface area contributed by atoms with Gasteiger partial charge in [0.1, 0.15) is 5.60 Å². The molecule has 1 fully saturated rings. The molecule has 2 unspecified atom stereocenters. The number of Topliss-reactive ketones (excluding diaryl/α,β-unsaturated/α-hetero) is 1. The van der Waals surface area contributed by atoms with Gasteiger partial charge in [0, 0.05) is 11.5 Å². The Kier molecular flexibility index (Phi) is 4.40. The van der Waals surface area contributed by atoms with Gasteiger partial charge in [0.2, 0.25) is 0 Å². The number of carbonyl (C=O) groups is 1. The minimum absolute atomic E-state index is 0.0269. The standard InChI is InChI=1S/C21H18N2O2/c22-14-20(15-23)13-17(19(24)16-7-3-1-4-8-16)11-12-21(20,25)18-9-5-2-6-10-18/h1-10,17,25H,11-13H2. The van der Waals surface area contributed by atoms with Crippen LogP contribution in [0.25, 0.3) is 0 Å². The number of benzene rings is 2. The van der Waals surface area contributed by atoms with E-state index >= 15 is 0 Å². The maximum Gasteiger partial charge on any atom is 0.177 e. The van der Waals surface area contributed by atoms with E-state index in [0.29, 0.717) is 17.5 Å². The van der Waals surface area contributed by atoms with Gasteiger partial charge in [-0.2, -0.15) is 10.5 Å². The Hall–Kier alpha value is -2.95. The van der Waals surface area contributed by atoms with Gasteiger partial charge in [0.05, 0.1) is 12.1 Å². The molecule has 0 saturated heterocycles. The number of hydrogen-bond acceptors (Lipinski definition) is 4. The average molecular weight is 330 g/mol. The van der Waals surface area contributed by atoms with Gasteiger partial charge >= 0.3 is 0 Å². The van der Waals surface area contributed by atoms with Crippen LogP contribution in [0.3, 0.4) is 0 Å². The Morgan fingerprint density at radius 2 is 1.56 bits per heavy atom. The molecule has 124 valence electrons. The van der Waals surface area contributed by atoms with E-state index in [9.17, 15) is 20.4 Å². The Morgan fingerprint density at radius 1 is 1.00 bits per heavy atom. The molecule has 4 nitrogen and oxygen atoms in total. The first kappa shape index (κ1) is 16.9. The summed E-state index contributed by atoms with van der Waals surface area (Å²) in [5, 5.41) is 30.8.